The lowest BCUT2D eigenvalue weighted by Gasteiger charge is -2.45. The lowest BCUT2D eigenvalue weighted by atomic mass is 9.55. The van der Waals surface area contributed by atoms with Crippen molar-refractivity contribution in [3.05, 3.63) is 129 Å². The Morgan fingerprint density at radius 2 is 1.35 bits per heavy atom. The molecular weight excluding hydrogens is 586 g/mol. The van der Waals surface area contributed by atoms with Gasteiger partial charge >= 0.3 is 5.97 Å². The van der Waals surface area contributed by atoms with E-state index in [2.05, 4.69) is 24.3 Å². The molecule has 0 N–H and O–H groups in total. The van der Waals surface area contributed by atoms with E-state index in [9.17, 15) is 29.3 Å². The average molecular weight is 614 g/mol. The lowest BCUT2D eigenvalue weighted by molar-refractivity contribution is -0.384. The van der Waals surface area contributed by atoms with Gasteiger partial charge in [0.05, 0.1) is 28.4 Å². The van der Waals surface area contributed by atoms with Gasteiger partial charge in [-0.3, -0.25) is 29.3 Å². The molecule has 0 unspecified atom stereocenters. The van der Waals surface area contributed by atoms with Crippen molar-refractivity contribution < 1.29 is 28.8 Å². The molecule has 0 radical (unpaired) electrons. The molecule has 2 heterocycles. The van der Waals surface area contributed by atoms with E-state index in [1.807, 2.05) is 24.3 Å². The molecule has 5 aliphatic rings. The predicted molar refractivity (Wildman–Crippen MR) is 166 cm³/mol. The Morgan fingerprint density at radius 3 is 1.85 bits per heavy atom. The van der Waals surface area contributed by atoms with E-state index >= 15 is 0 Å². The summed E-state index contributed by atoms with van der Waals surface area (Å²) in [6, 6.07) is 26.6. The summed E-state index contributed by atoms with van der Waals surface area (Å²) in [5.41, 5.74) is 5.84. The van der Waals surface area contributed by atoms with E-state index in [1.54, 1.807) is 25.1 Å². The Hall–Kier alpha value is -5.64. The van der Waals surface area contributed by atoms with E-state index < -0.39 is 28.6 Å². The first-order valence-corrected chi connectivity index (χ1v) is 15.2. The molecule has 2 fully saturated rings. The molecule has 4 aromatic carbocycles. The highest BCUT2D eigenvalue weighted by atomic mass is 16.6. The van der Waals surface area contributed by atoms with Crippen molar-refractivity contribution in [2.45, 2.75) is 25.2 Å². The maximum absolute atomic E-state index is 14.1. The van der Waals surface area contributed by atoms with Crippen LogP contribution in [0.25, 0.3) is 0 Å². The lowest BCUT2D eigenvalue weighted by Crippen LogP contribution is -2.41. The van der Waals surface area contributed by atoms with Crippen LogP contribution in [0.2, 0.25) is 0 Å². The molecule has 3 aliphatic carbocycles. The first-order chi connectivity index (χ1) is 22.2. The summed E-state index contributed by atoms with van der Waals surface area (Å²) in [4.78, 5) is 67.2. The van der Waals surface area contributed by atoms with Crippen molar-refractivity contribution in [3.8, 4) is 5.75 Å². The fourth-order valence-electron chi connectivity index (χ4n) is 7.93. The molecule has 0 aromatic heterocycles. The van der Waals surface area contributed by atoms with Crippen molar-refractivity contribution in [2.75, 3.05) is 16.3 Å². The minimum Gasteiger partial charge on any atom is -0.426 e. The Balaban J connectivity index is 1.02. The summed E-state index contributed by atoms with van der Waals surface area (Å²) in [5.74, 6) is -3.22. The van der Waals surface area contributed by atoms with Gasteiger partial charge in [0, 0.05) is 42.6 Å². The highest BCUT2D eigenvalue weighted by Crippen LogP contribution is 2.61. The van der Waals surface area contributed by atoms with Crippen molar-refractivity contribution in [1.82, 2.24) is 0 Å². The molecular formula is C36H27N3O7. The van der Waals surface area contributed by atoms with Gasteiger partial charge in [-0.1, -0.05) is 48.5 Å². The Bertz CT molecular complexity index is 1890. The van der Waals surface area contributed by atoms with Gasteiger partial charge in [-0.05, 0) is 65.1 Å². The Morgan fingerprint density at radius 1 is 0.804 bits per heavy atom. The number of ether oxygens (including phenoxy) is 1. The molecule has 3 atom stereocenters. The van der Waals surface area contributed by atoms with E-state index in [4.69, 9.17) is 4.74 Å². The van der Waals surface area contributed by atoms with Crippen LogP contribution in [0, 0.1) is 34.8 Å². The summed E-state index contributed by atoms with van der Waals surface area (Å²) in [5, 5.41) is 11.0. The summed E-state index contributed by atoms with van der Waals surface area (Å²) in [6.45, 7) is 1.85. The fourth-order valence-corrected chi connectivity index (χ4v) is 7.93. The molecule has 0 saturated carbocycles. The van der Waals surface area contributed by atoms with Gasteiger partial charge in [0.1, 0.15) is 5.75 Å². The SMILES string of the molecule is Cc1cc(OC(=O)[C@@H]2CC(=O)N(c3ccc([N+](=O)[O-])cc3)C2)ccc1N1C(=O)[C@@H]2C3c4ccccc4C(c4ccccc43)[C@H]2C1=O. The minimum atomic E-state index is -0.730. The Kier molecular flexibility index (Phi) is 6.18. The van der Waals surface area contributed by atoms with Crippen LogP contribution >= 0.6 is 0 Å². The number of non-ortho nitro benzene ring substituents is 1. The van der Waals surface area contributed by atoms with Crippen LogP contribution in [0.1, 0.15) is 46.1 Å². The third-order valence-corrected chi connectivity index (χ3v) is 9.91. The average Bonchev–Trinajstić information content (AvgIpc) is 3.58. The quantitative estimate of drug-likeness (QED) is 0.0988. The number of imide groups is 1. The first-order valence-electron chi connectivity index (χ1n) is 15.2. The molecule has 2 saturated heterocycles. The second kappa shape index (κ2) is 10.2. The number of benzene rings is 4. The summed E-state index contributed by atoms with van der Waals surface area (Å²) >= 11 is 0. The van der Waals surface area contributed by atoms with Gasteiger partial charge in [0.25, 0.3) is 5.69 Å². The van der Waals surface area contributed by atoms with Gasteiger partial charge in [-0.2, -0.15) is 0 Å². The maximum Gasteiger partial charge on any atom is 0.316 e. The van der Waals surface area contributed by atoms with Gasteiger partial charge in [-0.15, -0.1) is 0 Å². The Labute approximate surface area is 263 Å². The largest absolute Gasteiger partial charge is 0.426 e. The van der Waals surface area contributed by atoms with Gasteiger partial charge in [-0.25, -0.2) is 4.90 Å². The standard InChI is InChI=1S/C36H27N3O7/c1-19-16-23(46-36(43)20-17-29(40)37(18-20)21-10-12-22(13-11-21)39(44)45)14-15-28(19)38-34(41)32-30-24-6-2-3-7-25(24)31(33(32)35(38)42)27-9-5-4-8-26(27)30/h2-16,20,30-33H,17-18H2,1H3/t20-,30?,31?,32-,33-/m1/s1. The zero-order valence-electron chi connectivity index (χ0n) is 24.7. The number of esters is 1. The minimum absolute atomic E-state index is 0.0560. The molecule has 10 nitrogen and oxygen atoms in total. The number of carbonyl (C=O) groups is 4. The van der Waals surface area contributed by atoms with Crippen molar-refractivity contribution >= 4 is 40.8 Å². The molecule has 4 aromatic rings. The van der Waals surface area contributed by atoms with E-state index in [0.29, 0.717) is 16.9 Å². The fraction of sp³-hybridized carbons (Fsp3) is 0.222. The molecule has 3 amide bonds. The van der Waals surface area contributed by atoms with Crippen LogP contribution in [0.3, 0.4) is 0 Å². The van der Waals surface area contributed by atoms with Crippen molar-refractivity contribution in [2.24, 2.45) is 17.8 Å². The number of anilines is 2. The predicted octanol–water partition coefficient (Wildman–Crippen LogP) is 5.26. The summed E-state index contributed by atoms with van der Waals surface area (Å²) in [6.07, 6.45) is -0.0560. The molecule has 2 bridgehead atoms. The van der Waals surface area contributed by atoms with Crippen molar-refractivity contribution in [3.63, 3.8) is 0 Å². The number of hydrogen-bond acceptors (Lipinski definition) is 7. The highest BCUT2D eigenvalue weighted by molar-refractivity contribution is 6.23. The molecule has 0 spiro atoms. The van der Waals surface area contributed by atoms with Crippen LogP contribution < -0.4 is 14.5 Å². The monoisotopic (exact) mass is 613 g/mol. The summed E-state index contributed by atoms with van der Waals surface area (Å²) < 4.78 is 5.66. The van der Waals surface area contributed by atoms with Crippen LogP contribution in [-0.4, -0.2) is 35.2 Å². The van der Waals surface area contributed by atoms with Gasteiger partial charge in [0.15, 0.2) is 0 Å². The highest BCUT2D eigenvalue weighted by Gasteiger charge is 2.61. The van der Waals surface area contributed by atoms with Gasteiger partial charge in [0.2, 0.25) is 17.7 Å². The zero-order valence-corrected chi connectivity index (χ0v) is 24.7. The molecule has 10 heteroatoms. The number of carbonyl (C=O) groups excluding carboxylic acids is 4. The topological polar surface area (TPSA) is 127 Å². The zero-order chi connectivity index (χ0) is 31.9. The molecule has 46 heavy (non-hydrogen) atoms. The van der Waals surface area contributed by atoms with E-state index in [0.717, 1.165) is 22.3 Å². The number of nitro benzene ring substituents is 1. The number of nitrogens with zero attached hydrogens (tertiary/aromatic N) is 3. The van der Waals surface area contributed by atoms with Crippen LogP contribution in [-0.2, 0) is 19.2 Å². The number of aryl methyl sites for hydroxylation is 1. The number of nitro groups is 1. The molecule has 9 rings (SSSR count). The molecule has 228 valence electrons. The second-order valence-electron chi connectivity index (χ2n) is 12.3. The number of hydrogen-bond donors (Lipinski definition) is 0. The first kappa shape index (κ1) is 27.9. The third-order valence-electron chi connectivity index (χ3n) is 9.91. The van der Waals surface area contributed by atoms with Crippen molar-refractivity contribution in [1.29, 1.82) is 0 Å². The van der Waals surface area contributed by atoms with Crippen LogP contribution in [0.15, 0.2) is 91.0 Å². The van der Waals surface area contributed by atoms with E-state index in [-0.39, 0.29) is 54.0 Å². The van der Waals surface area contributed by atoms with E-state index in [1.165, 1.54) is 34.1 Å². The van der Waals surface area contributed by atoms with Crippen LogP contribution in [0.5, 0.6) is 5.75 Å². The normalized spacial score (nSPS) is 24.1. The third kappa shape index (κ3) is 4.02. The van der Waals surface area contributed by atoms with Gasteiger partial charge < -0.3 is 9.64 Å². The number of amides is 3. The smallest absolute Gasteiger partial charge is 0.316 e. The summed E-state index contributed by atoms with van der Waals surface area (Å²) in [7, 11) is 0. The molecule has 2 aliphatic heterocycles. The maximum atomic E-state index is 14.1. The van der Waals surface area contributed by atoms with Crippen LogP contribution in [0.4, 0.5) is 17.1 Å². The number of rotatable bonds is 5. The second-order valence-corrected chi connectivity index (χ2v) is 12.3.